The van der Waals surface area contributed by atoms with E-state index < -0.39 is 12.2 Å². The van der Waals surface area contributed by atoms with E-state index in [4.69, 9.17) is 10.5 Å². The minimum absolute atomic E-state index is 0.0169. The summed E-state index contributed by atoms with van der Waals surface area (Å²) in [4.78, 5) is 11.9. The first-order valence-electron chi connectivity index (χ1n) is 6.75. The van der Waals surface area contributed by atoms with E-state index in [0.717, 1.165) is 10.6 Å². The van der Waals surface area contributed by atoms with E-state index in [1.807, 2.05) is 0 Å². The average molecular weight is 339 g/mol. The van der Waals surface area contributed by atoms with E-state index in [-0.39, 0.29) is 41.8 Å². The zero-order valence-corrected chi connectivity index (χ0v) is 12.1. The summed E-state index contributed by atoms with van der Waals surface area (Å²) in [5.74, 6) is -1.03. The van der Waals surface area contributed by atoms with Crippen LogP contribution in [0.25, 0.3) is 17.2 Å². The molecule has 126 valence electrons. The van der Waals surface area contributed by atoms with E-state index in [2.05, 4.69) is 24.6 Å². The lowest BCUT2D eigenvalue weighted by Crippen LogP contribution is -2.14. The zero-order valence-electron chi connectivity index (χ0n) is 12.1. The maximum atomic E-state index is 12.9. The van der Waals surface area contributed by atoms with Crippen LogP contribution in [0.3, 0.4) is 0 Å². The van der Waals surface area contributed by atoms with Crippen LogP contribution in [-0.4, -0.2) is 33.2 Å². The second-order valence-corrected chi connectivity index (χ2v) is 4.56. The number of ether oxygens (including phenoxy) is 1. The molecule has 0 saturated carbocycles. The fraction of sp³-hybridized carbons (Fsp3) is 0.231. The van der Waals surface area contributed by atoms with Crippen molar-refractivity contribution < 1.29 is 22.7 Å². The summed E-state index contributed by atoms with van der Waals surface area (Å²) in [6.07, 6.45) is -2.69. The molecule has 0 amide bonds. The van der Waals surface area contributed by atoms with Crippen LogP contribution < -0.4 is 16.2 Å². The van der Waals surface area contributed by atoms with Crippen LogP contribution in [-0.2, 0) is 0 Å². The first-order chi connectivity index (χ1) is 11.6. The van der Waals surface area contributed by atoms with Gasteiger partial charge in [-0.3, -0.25) is 4.52 Å². The molecule has 0 bridgehead atoms. The van der Waals surface area contributed by atoms with Gasteiger partial charge >= 0.3 is 5.76 Å². The highest BCUT2D eigenvalue weighted by molar-refractivity contribution is 5.58. The minimum Gasteiger partial charge on any atom is -0.472 e. The van der Waals surface area contributed by atoms with Crippen LogP contribution in [0, 0.1) is 0 Å². The molecule has 2 heterocycles. The molecule has 24 heavy (non-hydrogen) atoms. The highest BCUT2D eigenvalue weighted by Crippen LogP contribution is 2.27. The van der Waals surface area contributed by atoms with E-state index in [1.54, 1.807) is 0 Å². The molecule has 3 aromatic rings. The number of hydrogen-bond donors (Lipinski definition) is 1. The van der Waals surface area contributed by atoms with Crippen molar-refractivity contribution in [2.75, 3.05) is 13.2 Å². The van der Waals surface area contributed by atoms with Crippen molar-refractivity contribution in [3.05, 3.63) is 40.4 Å². The Morgan fingerprint density at radius 1 is 1.29 bits per heavy atom. The summed E-state index contributed by atoms with van der Waals surface area (Å²) < 4.78 is 41.1. The Bertz CT molecular complexity index is 888. The normalized spacial score (nSPS) is 11.2. The first-order valence-corrected chi connectivity index (χ1v) is 6.75. The van der Waals surface area contributed by atoms with Gasteiger partial charge in [0.25, 0.3) is 12.3 Å². The molecule has 0 aliphatic heterocycles. The number of rotatable bonds is 6. The van der Waals surface area contributed by atoms with Crippen molar-refractivity contribution in [3.63, 3.8) is 0 Å². The summed E-state index contributed by atoms with van der Waals surface area (Å²) in [5.41, 5.74) is 5.19. The van der Waals surface area contributed by atoms with E-state index >= 15 is 0 Å². The Balaban J connectivity index is 2.09. The fourth-order valence-electron chi connectivity index (χ4n) is 1.99. The van der Waals surface area contributed by atoms with Gasteiger partial charge in [-0.2, -0.15) is 0 Å². The standard InChI is InChI=1S/C13H11F2N5O4/c14-10(15)7-2-1-3-8(6-7)20-11(18-23-13(20)21)9-12(19-24-17-9)22-5-4-16/h1-3,6,10H,4-5,16H2. The summed E-state index contributed by atoms with van der Waals surface area (Å²) in [7, 11) is 0. The molecule has 0 saturated heterocycles. The lowest BCUT2D eigenvalue weighted by molar-refractivity contribution is 0.151. The van der Waals surface area contributed by atoms with Gasteiger partial charge in [-0.15, -0.1) is 0 Å². The van der Waals surface area contributed by atoms with Crippen LogP contribution in [0.1, 0.15) is 12.0 Å². The molecule has 2 aromatic heterocycles. The van der Waals surface area contributed by atoms with Crippen molar-refractivity contribution in [1.29, 1.82) is 0 Å². The largest absolute Gasteiger partial charge is 0.472 e. The first kappa shape index (κ1) is 15.8. The third kappa shape index (κ3) is 2.88. The predicted molar refractivity (Wildman–Crippen MR) is 74.9 cm³/mol. The summed E-state index contributed by atoms with van der Waals surface area (Å²) in [5, 5.41) is 10.7. The second kappa shape index (κ2) is 6.58. The number of nitrogens with two attached hydrogens (primary N) is 1. The minimum atomic E-state index is -2.69. The van der Waals surface area contributed by atoms with Crippen LogP contribution in [0.4, 0.5) is 8.78 Å². The number of alkyl halides is 2. The summed E-state index contributed by atoms with van der Waals surface area (Å²) >= 11 is 0. The monoisotopic (exact) mass is 339 g/mol. The molecule has 0 spiro atoms. The Hall–Kier alpha value is -3.08. The number of nitrogens with zero attached hydrogens (tertiary/aromatic N) is 4. The van der Waals surface area contributed by atoms with Crippen molar-refractivity contribution >= 4 is 0 Å². The highest BCUT2D eigenvalue weighted by atomic mass is 19.3. The zero-order chi connectivity index (χ0) is 17.1. The van der Waals surface area contributed by atoms with Gasteiger partial charge in [-0.05, 0) is 22.4 Å². The molecular formula is C13H11F2N5O4. The molecular weight excluding hydrogens is 328 g/mol. The molecule has 3 rings (SSSR count). The Kier molecular flexibility index (Phi) is 4.33. The molecule has 1 aromatic carbocycles. The summed E-state index contributed by atoms with van der Waals surface area (Å²) in [6, 6.07) is 5.20. The highest BCUT2D eigenvalue weighted by Gasteiger charge is 2.24. The van der Waals surface area contributed by atoms with Gasteiger partial charge in [0.05, 0.1) is 5.69 Å². The lowest BCUT2D eigenvalue weighted by Gasteiger charge is -2.06. The SMILES string of the molecule is NCCOc1nonc1-c1noc(=O)n1-c1cccc(C(F)F)c1. The molecule has 11 heteroatoms. The van der Waals surface area contributed by atoms with Crippen LogP contribution in [0.15, 0.2) is 38.2 Å². The number of aromatic nitrogens is 4. The van der Waals surface area contributed by atoms with Gasteiger partial charge in [0.15, 0.2) is 0 Å². The predicted octanol–water partition coefficient (Wildman–Crippen LogP) is 1.15. The Labute approximate surface area is 132 Å². The van der Waals surface area contributed by atoms with Crippen LogP contribution in [0.2, 0.25) is 0 Å². The quantitative estimate of drug-likeness (QED) is 0.709. The van der Waals surface area contributed by atoms with Crippen molar-refractivity contribution in [3.8, 4) is 23.1 Å². The molecule has 9 nitrogen and oxygen atoms in total. The van der Waals surface area contributed by atoms with Gasteiger partial charge < -0.3 is 10.5 Å². The average Bonchev–Trinajstić information content (AvgIpc) is 3.19. The van der Waals surface area contributed by atoms with E-state index in [0.29, 0.717) is 0 Å². The van der Waals surface area contributed by atoms with Gasteiger partial charge in [0, 0.05) is 12.1 Å². The number of benzene rings is 1. The van der Waals surface area contributed by atoms with Crippen molar-refractivity contribution in [1.82, 2.24) is 20.0 Å². The number of halogens is 2. The van der Waals surface area contributed by atoms with Gasteiger partial charge in [-0.25, -0.2) is 22.8 Å². The molecule has 0 aliphatic carbocycles. The third-order valence-electron chi connectivity index (χ3n) is 3.01. The van der Waals surface area contributed by atoms with E-state index in [9.17, 15) is 13.6 Å². The molecule has 0 unspecified atom stereocenters. The van der Waals surface area contributed by atoms with Crippen molar-refractivity contribution in [2.24, 2.45) is 5.73 Å². The fourth-order valence-corrected chi connectivity index (χ4v) is 1.99. The summed E-state index contributed by atoms with van der Waals surface area (Å²) in [6.45, 7) is 0.346. The Morgan fingerprint density at radius 3 is 2.88 bits per heavy atom. The molecule has 2 N–H and O–H groups in total. The molecule has 0 atom stereocenters. The second-order valence-electron chi connectivity index (χ2n) is 4.56. The topological polar surface area (TPSA) is 122 Å². The molecule has 0 fully saturated rings. The number of hydrogen-bond acceptors (Lipinski definition) is 8. The maximum Gasteiger partial charge on any atom is 0.446 e. The lowest BCUT2D eigenvalue weighted by atomic mass is 10.2. The van der Waals surface area contributed by atoms with Crippen LogP contribution in [0.5, 0.6) is 5.88 Å². The third-order valence-corrected chi connectivity index (χ3v) is 3.01. The van der Waals surface area contributed by atoms with Crippen molar-refractivity contribution in [2.45, 2.75) is 6.43 Å². The van der Waals surface area contributed by atoms with E-state index in [1.165, 1.54) is 18.2 Å². The smallest absolute Gasteiger partial charge is 0.446 e. The Morgan fingerprint density at radius 2 is 2.12 bits per heavy atom. The molecule has 0 radical (unpaired) electrons. The maximum absolute atomic E-state index is 12.9. The molecule has 0 aliphatic rings. The van der Waals surface area contributed by atoms with Gasteiger partial charge in [0.1, 0.15) is 6.61 Å². The van der Waals surface area contributed by atoms with Gasteiger partial charge in [-0.1, -0.05) is 17.3 Å². The van der Waals surface area contributed by atoms with Gasteiger partial charge in [0.2, 0.25) is 11.5 Å². The van der Waals surface area contributed by atoms with Crippen LogP contribution >= 0.6 is 0 Å².